The molecule has 6 heteroatoms. The highest BCUT2D eigenvalue weighted by Crippen LogP contribution is 2.32. The summed E-state index contributed by atoms with van der Waals surface area (Å²) in [4.78, 5) is 2.06. The van der Waals surface area contributed by atoms with E-state index in [9.17, 15) is 0 Å². The molecule has 0 spiro atoms. The second-order valence-electron chi connectivity index (χ2n) is 9.53. The molecule has 0 atom stereocenters. The Morgan fingerprint density at radius 2 is 1.19 bits per heavy atom. The van der Waals surface area contributed by atoms with Crippen molar-refractivity contribution in [1.29, 1.82) is 0 Å². The summed E-state index contributed by atoms with van der Waals surface area (Å²) in [5.74, 6) is 0.720. The Hall–Kier alpha value is -4.45. The minimum absolute atomic E-state index is 0.717. The third-order valence-electron chi connectivity index (χ3n) is 7.09. The van der Waals surface area contributed by atoms with E-state index in [-0.39, 0.29) is 0 Å². The SMILES string of the molecule is CC1=[N+](C)[B-](c2ccccc2)(c2ccccc2)OC(c2ccccc2)=C1N=Nc1ccc(N(C)C)cc1. The molecule has 37 heavy (non-hydrogen) atoms. The van der Waals surface area contributed by atoms with Gasteiger partial charge in [-0.15, -0.1) is 5.11 Å². The fraction of sp³-hybridized carbons (Fsp3) is 0.129. The van der Waals surface area contributed by atoms with Gasteiger partial charge in [-0.05, 0) is 24.3 Å². The lowest BCUT2D eigenvalue weighted by Crippen LogP contribution is -2.70. The van der Waals surface area contributed by atoms with Crippen LogP contribution < -0.4 is 15.8 Å². The number of azo groups is 1. The highest BCUT2D eigenvalue weighted by Gasteiger charge is 2.49. The maximum atomic E-state index is 7.15. The average molecular weight is 486 g/mol. The molecule has 1 aliphatic rings. The summed E-state index contributed by atoms with van der Waals surface area (Å²) in [6.07, 6.45) is 0. The number of hydrogen-bond donors (Lipinski definition) is 0. The van der Waals surface area contributed by atoms with E-state index in [2.05, 4.69) is 89.1 Å². The van der Waals surface area contributed by atoms with Gasteiger partial charge in [-0.1, -0.05) is 102 Å². The molecule has 0 aromatic heterocycles. The van der Waals surface area contributed by atoms with Crippen LogP contribution in [-0.2, 0) is 4.65 Å². The minimum Gasteiger partial charge on any atom is -0.649 e. The summed E-state index contributed by atoms with van der Waals surface area (Å²) in [7, 11) is 6.13. The van der Waals surface area contributed by atoms with E-state index in [1.54, 1.807) is 0 Å². The first-order valence-electron chi connectivity index (χ1n) is 12.5. The molecule has 184 valence electrons. The zero-order valence-electron chi connectivity index (χ0n) is 21.7. The summed E-state index contributed by atoms with van der Waals surface area (Å²) in [5.41, 5.74) is 6.77. The van der Waals surface area contributed by atoms with E-state index in [1.807, 2.05) is 68.7 Å². The van der Waals surface area contributed by atoms with Gasteiger partial charge in [0, 0.05) is 32.3 Å². The van der Waals surface area contributed by atoms with Crippen molar-refractivity contribution in [3.05, 3.63) is 127 Å². The van der Waals surface area contributed by atoms with Crippen LogP contribution in [0.5, 0.6) is 0 Å². The molecule has 1 heterocycles. The molecule has 0 N–H and O–H groups in total. The Morgan fingerprint density at radius 1 is 0.676 bits per heavy atom. The van der Waals surface area contributed by atoms with Gasteiger partial charge >= 0.3 is 6.48 Å². The minimum atomic E-state index is -1.78. The molecule has 0 radical (unpaired) electrons. The van der Waals surface area contributed by atoms with Crippen molar-refractivity contribution in [2.75, 3.05) is 26.0 Å². The first kappa shape index (κ1) is 24.3. The van der Waals surface area contributed by atoms with Gasteiger partial charge in [-0.3, -0.25) is 0 Å². The number of hydrogen-bond acceptors (Lipinski definition) is 4. The van der Waals surface area contributed by atoms with Crippen LogP contribution in [0.4, 0.5) is 11.4 Å². The van der Waals surface area contributed by atoms with Gasteiger partial charge in [0.2, 0.25) is 0 Å². The van der Waals surface area contributed by atoms with Gasteiger partial charge in [0.15, 0.2) is 11.4 Å². The summed E-state index contributed by atoms with van der Waals surface area (Å²) < 4.78 is 9.38. The zero-order valence-corrected chi connectivity index (χ0v) is 21.7. The fourth-order valence-electron chi connectivity index (χ4n) is 4.95. The third kappa shape index (κ3) is 4.58. The Labute approximate surface area is 219 Å². The van der Waals surface area contributed by atoms with Crippen molar-refractivity contribution in [2.45, 2.75) is 6.92 Å². The summed E-state index contributed by atoms with van der Waals surface area (Å²) >= 11 is 0. The van der Waals surface area contributed by atoms with Crippen molar-refractivity contribution >= 4 is 40.3 Å². The smallest absolute Gasteiger partial charge is 0.508 e. The molecule has 0 saturated heterocycles. The van der Waals surface area contributed by atoms with E-state index in [4.69, 9.17) is 9.77 Å². The van der Waals surface area contributed by atoms with E-state index in [1.165, 1.54) is 0 Å². The van der Waals surface area contributed by atoms with Crippen LogP contribution in [0.1, 0.15) is 12.5 Å². The summed E-state index contributed by atoms with van der Waals surface area (Å²) in [6.45, 7) is 0.317. The quantitative estimate of drug-likeness (QED) is 0.263. The second kappa shape index (κ2) is 10.3. The average Bonchev–Trinajstić information content (AvgIpc) is 2.95. The molecule has 0 saturated carbocycles. The standard InChI is InChI=1S/C31H31BN4O/c1-24-30(34-33-28-20-22-29(23-21-28)35(2)3)31(25-14-8-5-9-15-25)37-32(36(24)4,26-16-10-6-11-17-26)27-18-12-7-13-19-27/h5-23H,1-4H3. The van der Waals surface area contributed by atoms with Gasteiger partial charge in [0.05, 0.1) is 12.7 Å². The molecule has 4 aromatic rings. The van der Waals surface area contributed by atoms with Crippen LogP contribution >= 0.6 is 0 Å². The molecule has 0 bridgehead atoms. The molecule has 4 aromatic carbocycles. The first-order valence-corrected chi connectivity index (χ1v) is 12.5. The predicted octanol–water partition coefficient (Wildman–Crippen LogP) is 5.60. The Morgan fingerprint density at radius 3 is 1.70 bits per heavy atom. The number of benzene rings is 4. The number of anilines is 1. The number of rotatable bonds is 6. The largest absolute Gasteiger partial charge is 0.649 e. The van der Waals surface area contributed by atoms with E-state index < -0.39 is 6.48 Å². The lowest BCUT2D eigenvalue weighted by molar-refractivity contribution is -0.374. The predicted molar refractivity (Wildman–Crippen MR) is 155 cm³/mol. The highest BCUT2D eigenvalue weighted by atomic mass is 16.5. The Kier molecular flexibility index (Phi) is 6.73. The van der Waals surface area contributed by atoms with Crippen molar-refractivity contribution < 1.29 is 9.14 Å². The van der Waals surface area contributed by atoms with Crippen LogP contribution in [-0.4, -0.2) is 37.8 Å². The normalized spacial score (nSPS) is 15.1. The maximum absolute atomic E-state index is 7.15. The van der Waals surface area contributed by atoms with Crippen molar-refractivity contribution in [1.82, 2.24) is 0 Å². The topological polar surface area (TPSA) is 40.2 Å². The van der Waals surface area contributed by atoms with E-state index in [0.29, 0.717) is 0 Å². The number of nitrogens with zero attached hydrogens (tertiary/aromatic N) is 4. The van der Waals surface area contributed by atoms with Crippen LogP contribution in [0.3, 0.4) is 0 Å². The molecule has 1 aliphatic heterocycles. The highest BCUT2D eigenvalue weighted by molar-refractivity contribution is 6.92. The van der Waals surface area contributed by atoms with Crippen molar-refractivity contribution in [2.24, 2.45) is 10.2 Å². The monoisotopic (exact) mass is 486 g/mol. The van der Waals surface area contributed by atoms with Crippen LogP contribution in [0, 0.1) is 0 Å². The lowest BCUT2D eigenvalue weighted by atomic mass is 9.40. The van der Waals surface area contributed by atoms with Crippen molar-refractivity contribution in [3.63, 3.8) is 0 Å². The van der Waals surface area contributed by atoms with E-state index in [0.717, 1.165) is 45.0 Å². The van der Waals surface area contributed by atoms with Crippen molar-refractivity contribution in [3.8, 4) is 0 Å². The molecular formula is C31H31BN4O. The van der Waals surface area contributed by atoms with Crippen LogP contribution in [0.25, 0.3) is 5.76 Å². The molecule has 5 rings (SSSR count). The van der Waals surface area contributed by atoms with E-state index >= 15 is 0 Å². The Balaban J connectivity index is 1.69. The third-order valence-corrected chi connectivity index (χ3v) is 7.09. The first-order chi connectivity index (χ1) is 18.0. The van der Waals surface area contributed by atoms with Gasteiger partial charge in [0.25, 0.3) is 0 Å². The fourth-order valence-corrected chi connectivity index (χ4v) is 4.95. The lowest BCUT2D eigenvalue weighted by Gasteiger charge is -2.42. The van der Waals surface area contributed by atoms with Gasteiger partial charge in [-0.2, -0.15) is 5.11 Å². The zero-order chi connectivity index (χ0) is 25.8. The number of allylic oxidation sites excluding steroid dienone is 1. The summed E-state index contributed by atoms with van der Waals surface area (Å²) in [6, 6.07) is 39.1. The van der Waals surface area contributed by atoms with Gasteiger partial charge in [0.1, 0.15) is 5.76 Å². The molecule has 0 aliphatic carbocycles. The molecular weight excluding hydrogens is 455 g/mol. The van der Waals surface area contributed by atoms with Gasteiger partial charge < -0.3 is 14.0 Å². The molecule has 0 unspecified atom stereocenters. The molecule has 0 fully saturated rings. The Bertz CT molecular complexity index is 1420. The maximum Gasteiger partial charge on any atom is 0.508 e. The van der Waals surface area contributed by atoms with Gasteiger partial charge in [-0.25, -0.2) is 0 Å². The van der Waals surface area contributed by atoms with Crippen LogP contribution in [0.15, 0.2) is 131 Å². The second-order valence-corrected chi connectivity index (χ2v) is 9.53. The molecule has 0 amide bonds. The molecule has 5 nitrogen and oxygen atoms in total. The summed E-state index contributed by atoms with van der Waals surface area (Å²) in [5, 5.41) is 9.38. The van der Waals surface area contributed by atoms with Crippen LogP contribution in [0.2, 0.25) is 0 Å².